The highest BCUT2D eigenvalue weighted by Crippen LogP contribution is 2.37. The number of halogens is 6. The van der Waals surface area contributed by atoms with Crippen molar-refractivity contribution >= 4 is 12.4 Å². The lowest BCUT2D eigenvalue weighted by Crippen LogP contribution is -2.48. The van der Waals surface area contributed by atoms with Gasteiger partial charge in [0.05, 0.1) is 0 Å². The number of benzene rings is 2. The van der Waals surface area contributed by atoms with Crippen molar-refractivity contribution in [2.24, 2.45) is 0 Å². The molecule has 1 saturated carbocycles. The van der Waals surface area contributed by atoms with Gasteiger partial charge in [-0.05, 0) is 23.3 Å². The van der Waals surface area contributed by atoms with E-state index in [4.69, 9.17) is 4.74 Å². The van der Waals surface area contributed by atoms with Crippen molar-refractivity contribution in [3.8, 4) is 11.5 Å². The highest BCUT2D eigenvalue weighted by atomic mass is 35.5. The summed E-state index contributed by atoms with van der Waals surface area (Å²) in [6.07, 6.45) is -5.38. The molecule has 3 nitrogen and oxygen atoms in total. The SMILES string of the molecule is Cl.FC1(F)CC(NCc2cc(OCc3ccccc3)cc(OC(F)(F)F)c2)C1. The molecule has 9 heteroatoms. The van der Waals surface area contributed by atoms with Gasteiger partial charge in [0, 0.05) is 31.5 Å². The first kappa shape index (κ1) is 22.2. The molecule has 2 aromatic carbocycles. The summed E-state index contributed by atoms with van der Waals surface area (Å²) >= 11 is 0. The van der Waals surface area contributed by atoms with E-state index in [0.29, 0.717) is 5.56 Å². The Labute approximate surface area is 165 Å². The van der Waals surface area contributed by atoms with Crippen molar-refractivity contribution in [1.82, 2.24) is 5.32 Å². The second-order valence-electron chi connectivity index (χ2n) is 6.48. The summed E-state index contributed by atoms with van der Waals surface area (Å²) in [4.78, 5) is 0. The van der Waals surface area contributed by atoms with E-state index in [1.165, 1.54) is 6.07 Å². The van der Waals surface area contributed by atoms with Crippen LogP contribution < -0.4 is 14.8 Å². The smallest absolute Gasteiger partial charge is 0.489 e. The molecule has 0 saturated heterocycles. The standard InChI is InChI=1S/C19H18F5NO2.ClH/c20-18(21)9-15(10-18)25-11-14-6-16(8-17(7-14)27-19(22,23)24)26-12-13-4-2-1-3-5-13;/h1-8,15,25H,9-12H2;1H. The largest absolute Gasteiger partial charge is 0.573 e. The molecule has 0 atom stereocenters. The zero-order valence-corrected chi connectivity index (χ0v) is 15.5. The van der Waals surface area contributed by atoms with E-state index in [2.05, 4.69) is 10.1 Å². The van der Waals surface area contributed by atoms with E-state index in [1.54, 1.807) is 6.07 Å². The Morgan fingerprint density at radius 1 is 0.964 bits per heavy atom. The predicted molar refractivity (Wildman–Crippen MR) is 96.0 cm³/mol. The quantitative estimate of drug-likeness (QED) is 0.599. The Kier molecular flexibility index (Phi) is 7.11. The van der Waals surface area contributed by atoms with Gasteiger partial charge >= 0.3 is 6.36 Å². The number of ether oxygens (including phenoxy) is 2. The van der Waals surface area contributed by atoms with Crippen LogP contribution in [0.4, 0.5) is 22.0 Å². The number of hydrogen-bond acceptors (Lipinski definition) is 3. The third-order valence-electron chi connectivity index (χ3n) is 4.11. The van der Waals surface area contributed by atoms with E-state index in [9.17, 15) is 22.0 Å². The lowest BCUT2D eigenvalue weighted by molar-refractivity contribution is -0.274. The van der Waals surface area contributed by atoms with E-state index >= 15 is 0 Å². The van der Waals surface area contributed by atoms with Crippen LogP contribution in [-0.4, -0.2) is 18.3 Å². The Bertz CT molecular complexity index is 763. The van der Waals surface area contributed by atoms with Crippen LogP contribution in [-0.2, 0) is 13.2 Å². The van der Waals surface area contributed by atoms with Gasteiger partial charge in [-0.3, -0.25) is 0 Å². The van der Waals surface area contributed by atoms with Gasteiger partial charge in [-0.1, -0.05) is 30.3 Å². The van der Waals surface area contributed by atoms with E-state index in [0.717, 1.165) is 11.6 Å². The fourth-order valence-corrected chi connectivity index (χ4v) is 2.82. The van der Waals surface area contributed by atoms with Crippen molar-refractivity contribution in [3.05, 3.63) is 59.7 Å². The summed E-state index contributed by atoms with van der Waals surface area (Å²) in [5, 5.41) is 2.91. The molecule has 28 heavy (non-hydrogen) atoms. The monoisotopic (exact) mass is 423 g/mol. The molecular formula is C19H19ClF5NO2. The fourth-order valence-electron chi connectivity index (χ4n) is 2.82. The summed E-state index contributed by atoms with van der Waals surface area (Å²) < 4.78 is 73.0. The Balaban J connectivity index is 0.00000280. The van der Waals surface area contributed by atoms with Crippen LogP contribution in [0.25, 0.3) is 0 Å². The molecule has 1 aliphatic carbocycles. The number of rotatable bonds is 7. The number of nitrogens with one attached hydrogen (secondary N) is 1. The van der Waals surface area contributed by atoms with E-state index in [1.807, 2.05) is 30.3 Å². The fraction of sp³-hybridized carbons (Fsp3) is 0.368. The highest BCUT2D eigenvalue weighted by Gasteiger charge is 2.44. The zero-order chi connectivity index (χ0) is 19.5. The van der Waals surface area contributed by atoms with Crippen molar-refractivity contribution in [2.75, 3.05) is 0 Å². The Hall–Kier alpha value is -2.06. The second kappa shape index (κ2) is 8.96. The van der Waals surface area contributed by atoms with Gasteiger partial charge in [0.25, 0.3) is 5.92 Å². The molecule has 0 bridgehead atoms. The van der Waals surface area contributed by atoms with Crippen molar-refractivity contribution in [2.45, 2.75) is 44.3 Å². The third-order valence-corrected chi connectivity index (χ3v) is 4.11. The normalized spacial score (nSPS) is 16.0. The maximum atomic E-state index is 12.9. The average molecular weight is 424 g/mol. The molecular weight excluding hydrogens is 405 g/mol. The molecule has 154 valence electrons. The summed E-state index contributed by atoms with van der Waals surface area (Å²) in [7, 11) is 0. The van der Waals surface area contributed by atoms with Gasteiger partial charge in [0.15, 0.2) is 0 Å². The molecule has 1 aliphatic rings. The summed E-state index contributed by atoms with van der Waals surface area (Å²) in [6, 6.07) is 12.7. The summed E-state index contributed by atoms with van der Waals surface area (Å²) in [5.74, 6) is -2.87. The number of hydrogen-bond donors (Lipinski definition) is 1. The average Bonchev–Trinajstić information content (AvgIpc) is 2.55. The second-order valence-corrected chi connectivity index (χ2v) is 6.48. The predicted octanol–water partition coefficient (Wildman–Crippen LogP) is 5.47. The topological polar surface area (TPSA) is 30.5 Å². The first-order valence-electron chi connectivity index (χ1n) is 8.36. The molecule has 1 N–H and O–H groups in total. The molecule has 0 radical (unpaired) electrons. The Morgan fingerprint density at radius 2 is 1.61 bits per heavy atom. The van der Waals surface area contributed by atoms with Gasteiger partial charge < -0.3 is 14.8 Å². The maximum Gasteiger partial charge on any atom is 0.573 e. The maximum absolute atomic E-state index is 12.9. The van der Waals surface area contributed by atoms with Crippen LogP contribution in [0, 0.1) is 0 Å². The Morgan fingerprint density at radius 3 is 2.21 bits per heavy atom. The first-order valence-corrected chi connectivity index (χ1v) is 8.36. The minimum absolute atomic E-state index is 0. The van der Waals surface area contributed by atoms with Crippen molar-refractivity contribution in [3.63, 3.8) is 0 Å². The van der Waals surface area contributed by atoms with Gasteiger partial charge in [-0.15, -0.1) is 25.6 Å². The molecule has 2 aromatic rings. The van der Waals surface area contributed by atoms with Crippen molar-refractivity contribution in [1.29, 1.82) is 0 Å². The lowest BCUT2D eigenvalue weighted by Gasteiger charge is -2.35. The minimum atomic E-state index is -4.83. The molecule has 0 spiro atoms. The van der Waals surface area contributed by atoms with Gasteiger partial charge in [-0.25, -0.2) is 8.78 Å². The van der Waals surface area contributed by atoms with Gasteiger partial charge in [0.2, 0.25) is 0 Å². The summed E-state index contributed by atoms with van der Waals surface area (Å²) in [6.45, 7) is 0.315. The van der Waals surface area contributed by atoms with Crippen molar-refractivity contribution < 1.29 is 31.4 Å². The molecule has 0 aliphatic heterocycles. The molecule has 0 unspecified atom stereocenters. The van der Waals surface area contributed by atoms with Crippen LogP contribution in [0.3, 0.4) is 0 Å². The highest BCUT2D eigenvalue weighted by molar-refractivity contribution is 5.85. The summed E-state index contributed by atoms with van der Waals surface area (Å²) in [5.41, 5.74) is 1.31. The van der Waals surface area contributed by atoms with Crippen LogP contribution >= 0.6 is 12.4 Å². The van der Waals surface area contributed by atoms with Crippen LogP contribution in [0.2, 0.25) is 0 Å². The first-order chi connectivity index (χ1) is 12.7. The molecule has 1 fully saturated rings. The van der Waals surface area contributed by atoms with Crippen LogP contribution in [0.1, 0.15) is 24.0 Å². The minimum Gasteiger partial charge on any atom is -0.489 e. The molecule has 0 aromatic heterocycles. The molecule has 0 amide bonds. The van der Waals surface area contributed by atoms with E-state index < -0.39 is 18.0 Å². The third kappa shape index (κ3) is 6.83. The van der Waals surface area contributed by atoms with Crippen LogP contribution in [0.5, 0.6) is 11.5 Å². The number of alkyl halides is 5. The zero-order valence-electron chi connectivity index (χ0n) is 14.6. The van der Waals surface area contributed by atoms with E-state index in [-0.39, 0.29) is 50.2 Å². The van der Waals surface area contributed by atoms with Crippen LogP contribution in [0.15, 0.2) is 48.5 Å². The molecule has 0 heterocycles. The van der Waals surface area contributed by atoms with Gasteiger partial charge in [-0.2, -0.15) is 0 Å². The lowest BCUT2D eigenvalue weighted by atomic mass is 9.88. The molecule has 3 rings (SSSR count). The van der Waals surface area contributed by atoms with Gasteiger partial charge in [0.1, 0.15) is 18.1 Å².